The summed E-state index contributed by atoms with van der Waals surface area (Å²) in [6.45, 7) is 3.14. The monoisotopic (exact) mass is 299 g/mol. The molecule has 0 spiro atoms. The van der Waals surface area contributed by atoms with Gasteiger partial charge in [-0.1, -0.05) is 6.92 Å². The largest absolute Gasteiger partial charge is 0.491 e. The van der Waals surface area contributed by atoms with Crippen molar-refractivity contribution in [1.82, 2.24) is 0 Å². The standard InChI is InChI=1S/C12H16F3NO2.ClH/c1-2-5-17-6-7-18-9-3-4-11(16)10(8-9)12(13,14)15;/h3-4,8H,2,5-7,16H2,1H3;1H. The van der Waals surface area contributed by atoms with E-state index in [0.29, 0.717) is 13.2 Å². The molecule has 1 rings (SSSR count). The van der Waals surface area contributed by atoms with Gasteiger partial charge in [0, 0.05) is 12.3 Å². The molecule has 0 aromatic heterocycles. The smallest absolute Gasteiger partial charge is 0.418 e. The Labute approximate surface area is 116 Å². The van der Waals surface area contributed by atoms with E-state index in [1.54, 1.807) is 0 Å². The Hall–Kier alpha value is -1.14. The van der Waals surface area contributed by atoms with Crippen LogP contribution in [0.15, 0.2) is 18.2 Å². The average molecular weight is 300 g/mol. The van der Waals surface area contributed by atoms with E-state index in [1.165, 1.54) is 12.1 Å². The van der Waals surface area contributed by atoms with Crippen molar-refractivity contribution in [3.05, 3.63) is 23.8 Å². The summed E-state index contributed by atoms with van der Waals surface area (Å²) in [5, 5.41) is 0. The molecule has 0 fully saturated rings. The average Bonchev–Trinajstić information content (AvgIpc) is 2.29. The van der Waals surface area contributed by atoms with Crippen LogP contribution in [0, 0.1) is 0 Å². The van der Waals surface area contributed by atoms with Gasteiger partial charge in [0.15, 0.2) is 0 Å². The first-order chi connectivity index (χ1) is 8.45. The molecule has 19 heavy (non-hydrogen) atoms. The van der Waals surface area contributed by atoms with Crippen LogP contribution in [0.3, 0.4) is 0 Å². The predicted molar refractivity (Wildman–Crippen MR) is 69.7 cm³/mol. The van der Waals surface area contributed by atoms with Gasteiger partial charge < -0.3 is 15.2 Å². The molecule has 0 radical (unpaired) electrons. The molecule has 3 nitrogen and oxygen atoms in total. The molecule has 0 aliphatic heterocycles. The molecule has 0 aliphatic carbocycles. The maximum Gasteiger partial charge on any atom is 0.418 e. The Bertz CT molecular complexity index is 386. The summed E-state index contributed by atoms with van der Waals surface area (Å²) in [7, 11) is 0. The van der Waals surface area contributed by atoms with Crippen LogP contribution in [-0.4, -0.2) is 19.8 Å². The van der Waals surface area contributed by atoms with Crippen LogP contribution in [-0.2, 0) is 10.9 Å². The molecular formula is C12H17ClF3NO2. The Morgan fingerprint density at radius 2 is 1.84 bits per heavy atom. The fourth-order valence-electron chi connectivity index (χ4n) is 1.34. The number of anilines is 1. The third kappa shape index (κ3) is 6.02. The molecule has 0 amide bonds. The molecule has 0 bridgehead atoms. The van der Waals surface area contributed by atoms with Crippen molar-refractivity contribution in [2.45, 2.75) is 19.5 Å². The van der Waals surface area contributed by atoms with E-state index in [2.05, 4.69) is 0 Å². The first-order valence-corrected chi connectivity index (χ1v) is 5.62. The van der Waals surface area contributed by atoms with E-state index in [1.807, 2.05) is 6.92 Å². The fourth-order valence-corrected chi connectivity index (χ4v) is 1.34. The molecule has 2 N–H and O–H groups in total. The second-order valence-electron chi connectivity index (χ2n) is 3.71. The van der Waals surface area contributed by atoms with Gasteiger partial charge in [0.05, 0.1) is 12.2 Å². The van der Waals surface area contributed by atoms with Gasteiger partial charge in [0.2, 0.25) is 0 Å². The van der Waals surface area contributed by atoms with Crippen molar-refractivity contribution < 1.29 is 22.6 Å². The van der Waals surface area contributed by atoms with Crippen molar-refractivity contribution >= 4 is 18.1 Å². The Balaban J connectivity index is 0.00000324. The second-order valence-corrected chi connectivity index (χ2v) is 3.71. The molecule has 0 unspecified atom stereocenters. The minimum atomic E-state index is -4.47. The summed E-state index contributed by atoms with van der Waals surface area (Å²) in [5.41, 5.74) is 4.08. The third-order valence-electron chi connectivity index (χ3n) is 2.18. The number of benzene rings is 1. The van der Waals surface area contributed by atoms with Crippen LogP contribution in [0.4, 0.5) is 18.9 Å². The van der Waals surface area contributed by atoms with Gasteiger partial charge >= 0.3 is 6.18 Å². The zero-order chi connectivity index (χ0) is 13.6. The third-order valence-corrected chi connectivity index (χ3v) is 2.18. The van der Waals surface area contributed by atoms with Gasteiger partial charge in [-0.25, -0.2) is 0 Å². The number of alkyl halides is 3. The zero-order valence-electron chi connectivity index (χ0n) is 10.5. The van der Waals surface area contributed by atoms with Crippen LogP contribution in [0.2, 0.25) is 0 Å². The number of ether oxygens (including phenoxy) is 2. The van der Waals surface area contributed by atoms with Crippen LogP contribution in [0.1, 0.15) is 18.9 Å². The van der Waals surface area contributed by atoms with Crippen molar-refractivity contribution in [3.8, 4) is 5.75 Å². The Kier molecular flexibility index (Phi) is 7.63. The lowest BCUT2D eigenvalue weighted by atomic mass is 10.1. The Morgan fingerprint density at radius 1 is 1.16 bits per heavy atom. The molecule has 1 aromatic rings. The van der Waals surface area contributed by atoms with Crippen LogP contribution < -0.4 is 10.5 Å². The van der Waals surface area contributed by atoms with Gasteiger partial charge in [-0.15, -0.1) is 12.4 Å². The van der Waals surface area contributed by atoms with Gasteiger partial charge in [-0.2, -0.15) is 13.2 Å². The molecule has 7 heteroatoms. The Morgan fingerprint density at radius 3 is 2.42 bits per heavy atom. The molecule has 0 heterocycles. The minimum absolute atomic E-state index is 0. The van der Waals surface area contributed by atoms with Crippen LogP contribution in [0.25, 0.3) is 0 Å². The second kappa shape index (κ2) is 8.12. The maximum absolute atomic E-state index is 12.6. The summed E-state index contributed by atoms with van der Waals surface area (Å²) in [4.78, 5) is 0. The topological polar surface area (TPSA) is 44.5 Å². The van der Waals surface area contributed by atoms with E-state index in [4.69, 9.17) is 15.2 Å². The van der Waals surface area contributed by atoms with Gasteiger partial charge in [-0.3, -0.25) is 0 Å². The summed E-state index contributed by atoms with van der Waals surface area (Å²) in [5.74, 6) is 0.136. The van der Waals surface area contributed by atoms with Gasteiger partial charge in [0.25, 0.3) is 0 Å². The normalized spacial score (nSPS) is 10.9. The number of nitrogens with two attached hydrogens (primary N) is 1. The molecule has 0 saturated heterocycles. The highest BCUT2D eigenvalue weighted by Gasteiger charge is 2.33. The number of halogens is 4. The summed E-state index contributed by atoms with van der Waals surface area (Å²) in [6, 6.07) is 3.49. The van der Waals surface area contributed by atoms with E-state index in [0.717, 1.165) is 12.5 Å². The quantitative estimate of drug-likeness (QED) is 0.646. The number of hydrogen-bond acceptors (Lipinski definition) is 3. The van der Waals surface area contributed by atoms with Crippen LogP contribution >= 0.6 is 12.4 Å². The molecule has 0 saturated carbocycles. The lowest BCUT2D eigenvalue weighted by Crippen LogP contribution is -2.11. The van der Waals surface area contributed by atoms with Crippen LogP contribution in [0.5, 0.6) is 5.75 Å². The first kappa shape index (κ1) is 17.9. The maximum atomic E-state index is 12.6. The van der Waals surface area contributed by atoms with Gasteiger partial charge in [-0.05, 0) is 24.6 Å². The van der Waals surface area contributed by atoms with Crippen molar-refractivity contribution in [1.29, 1.82) is 0 Å². The summed E-state index contributed by atoms with van der Waals surface area (Å²) in [6.07, 6.45) is -3.58. The fraction of sp³-hybridized carbons (Fsp3) is 0.500. The number of nitrogen functional groups attached to an aromatic ring is 1. The highest BCUT2D eigenvalue weighted by molar-refractivity contribution is 5.85. The van der Waals surface area contributed by atoms with Crippen molar-refractivity contribution in [2.75, 3.05) is 25.6 Å². The van der Waals surface area contributed by atoms with E-state index >= 15 is 0 Å². The SMILES string of the molecule is CCCOCCOc1ccc(N)c(C(F)(F)F)c1.Cl. The first-order valence-electron chi connectivity index (χ1n) is 5.62. The lowest BCUT2D eigenvalue weighted by Gasteiger charge is -2.12. The predicted octanol–water partition coefficient (Wildman–Crippen LogP) is 3.51. The van der Waals surface area contributed by atoms with Gasteiger partial charge in [0.1, 0.15) is 12.4 Å². The highest BCUT2D eigenvalue weighted by atomic mass is 35.5. The molecule has 110 valence electrons. The number of hydrogen-bond donors (Lipinski definition) is 1. The molecule has 0 atom stereocenters. The van der Waals surface area contributed by atoms with E-state index in [-0.39, 0.29) is 30.5 Å². The van der Waals surface area contributed by atoms with Crippen molar-refractivity contribution in [2.24, 2.45) is 0 Å². The van der Waals surface area contributed by atoms with E-state index < -0.39 is 11.7 Å². The van der Waals surface area contributed by atoms with E-state index in [9.17, 15) is 13.2 Å². The number of rotatable bonds is 6. The minimum Gasteiger partial charge on any atom is -0.491 e. The summed E-state index contributed by atoms with van der Waals surface area (Å²) < 4.78 is 48.0. The highest BCUT2D eigenvalue weighted by Crippen LogP contribution is 2.35. The summed E-state index contributed by atoms with van der Waals surface area (Å²) >= 11 is 0. The zero-order valence-corrected chi connectivity index (χ0v) is 11.3. The molecular weight excluding hydrogens is 283 g/mol. The molecule has 1 aromatic carbocycles. The molecule has 0 aliphatic rings. The van der Waals surface area contributed by atoms with Crippen molar-refractivity contribution in [3.63, 3.8) is 0 Å². The lowest BCUT2D eigenvalue weighted by molar-refractivity contribution is -0.137.